The Morgan fingerprint density at radius 2 is 1.81 bits per heavy atom. The van der Waals surface area contributed by atoms with E-state index in [0.717, 1.165) is 54.5 Å². The van der Waals surface area contributed by atoms with Crippen LogP contribution in [0, 0.1) is 0 Å². The summed E-state index contributed by atoms with van der Waals surface area (Å²) in [5, 5.41) is 4.31. The normalized spacial score (nSPS) is 15.4. The smallest absolute Gasteiger partial charge is 0.251 e. The zero-order valence-corrected chi connectivity index (χ0v) is 20.8. The van der Waals surface area contributed by atoms with Crippen LogP contribution < -0.4 is 5.32 Å². The molecule has 0 unspecified atom stereocenters. The highest BCUT2D eigenvalue weighted by Gasteiger charge is 2.20. The largest absolute Gasteiger partial charge is 0.348 e. The molecular formula is C24H31Cl2N3OS. The monoisotopic (exact) mass is 479 g/mol. The highest BCUT2D eigenvalue weighted by Crippen LogP contribution is 2.26. The maximum absolute atomic E-state index is 12.7. The summed E-state index contributed by atoms with van der Waals surface area (Å²) in [7, 11) is 0. The van der Waals surface area contributed by atoms with Crippen molar-refractivity contribution in [2.75, 3.05) is 31.9 Å². The minimum atomic E-state index is -0.133. The van der Waals surface area contributed by atoms with E-state index in [2.05, 4.69) is 35.9 Å². The molecule has 7 heteroatoms. The van der Waals surface area contributed by atoms with Crippen molar-refractivity contribution in [3.05, 3.63) is 63.1 Å². The van der Waals surface area contributed by atoms with Crippen molar-refractivity contribution in [1.82, 2.24) is 15.1 Å². The second-order valence-corrected chi connectivity index (χ2v) is 10.2. The van der Waals surface area contributed by atoms with E-state index < -0.39 is 0 Å². The number of rotatable bonds is 8. The molecule has 1 heterocycles. The fourth-order valence-electron chi connectivity index (χ4n) is 3.76. The molecule has 2 aromatic carbocycles. The van der Waals surface area contributed by atoms with Gasteiger partial charge in [0, 0.05) is 65.8 Å². The van der Waals surface area contributed by atoms with Gasteiger partial charge in [-0.3, -0.25) is 14.6 Å². The topological polar surface area (TPSA) is 35.6 Å². The molecule has 0 bridgehead atoms. The molecule has 0 atom stereocenters. The fourth-order valence-corrected chi connectivity index (χ4v) is 4.98. The average molecular weight is 481 g/mol. The van der Waals surface area contributed by atoms with Gasteiger partial charge in [0.2, 0.25) is 0 Å². The lowest BCUT2D eigenvalue weighted by Gasteiger charge is -2.37. The van der Waals surface area contributed by atoms with Crippen molar-refractivity contribution in [2.45, 2.75) is 44.8 Å². The predicted molar refractivity (Wildman–Crippen MR) is 132 cm³/mol. The minimum Gasteiger partial charge on any atom is -0.348 e. The SMILES string of the molecule is CCSc1ccc(Cl)cc1CNC(=O)c1ccc(CN2CCN(C(C)C)CC2)c(Cl)c1. The van der Waals surface area contributed by atoms with Gasteiger partial charge in [-0.2, -0.15) is 0 Å². The maximum Gasteiger partial charge on any atom is 0.251 e. The van der Waals surface area contributed by atoms with Crippen LogP contribution in [-0.4, -0.2) is 53.7 Å². The van der Waals surface area contributed by atoms with E-state index in [-0.39, 0.29) is 5.91 Å². The molecule has 0 spiro atoms. The van der Waals surface area contributed by atoms with Crippen LogP contribution in [0.5, 0.6) is 0 Å². The van der Waals surface area contributed by atoms with Gasteiger partial charge in [0.05, 0.1) is 0 Å². The molecule has 31 heavy (non-hydrogen) atoms. The van der Waals surface area contributed by atoms with E-state index in [0.29, 0.717) is 28.2 Å². The lowest BCUT2D eigenvalue weighted by molar-refractivity contribution is 0.0950. The summed E-state index contributed by atoms with van der Waals surface area (Å²) in [5.41, 5.74) is 2.66. The van der Waals surface area contributed by atoms with Crippen LogP contribution in [0.4, 0.5) is 0 Å². The Morgan fingerprint density at radius 1 is 1.06 bits per heavy atom. The van der Waals surface area contributed by atoms with Crippen molar-refractivity contribution in [3.8, 4) is 0 Å². The molecule has 0 radical (unpaired) electrons. The average Bonchev–Trinajstić information content (AvgIpc) is 2.75. The third-order valence-corrected chi connectivity index (χ3v) is 7.19. The first-order chi connectivity index (χ1) is 14.9. The standard InChI is InChI=1S/C24H31Cl2N3OS/c1-4-31-23-8-7-21(25)13-20(23)15-27-24(30)18-5-6-19(22(26)14-18)16-28-9-11-29(12-10-28)17(2)3/h5-8,13-14,17H,4,9-12,15-16H2,1-3H3,(H,27,30). The van der Waals surface area contributed by atoms with E-state index in [1.807, 2.05) is 30.3 Å². The Bertz CT molecular complexity index is 898. The third kappa shape index (κ3) is 6.87. The van der Waals surface area contributed by atoms with Gasteiger partial charge in [0.25, 0.3) is 5.91 Å². The van der Waals surface area contributed by atoms with Crippen LogP contribution in [0.1, 0.15) is 42.3 Å². The number of carbonyl (C=O) groups excluding carboxylic acids is 1. The van der Waals surface area contributed by atoms with Gasteiger partial charge in [-0.1, -0.05) is 36.2 Å². The number of thioether (sulfide) groups is 1. The van der Waals surface area contributed by atoms with Gasteiger partial charge in [-0.15, -0.1) is 11.8 Å². The quantitative estimate of drug-likeness (QED) is 0.502. The Kier molecular flexibility index (Phi) is 9.11. The Balaban J connectivity index is 1.58. The summed E-state index contributed by atoms with van der Waals surface area (Å²) in [6.45, 7) is 12.1. The van der Waals surface area contributed by atoms with Crippen molar-refractivity contribution >= 4 is 40.9 Å². The number of hydrogen-bond acceptors (Lipinski definition) is 4. The number of benzene rings is 2. The van der Waals surface area contributed by atoms with Gasteiger partial charge in [-0.05, 0) is 61.1 Å². The minimum absolute atomic E-state index is 0.133. The summed E-state index contributed by atoms with van der Waals surface area (Å²) in [6, 6.07) is 12.0. The molecule has 4 nitrogen and oxygen atoms in total. The summed E-state index contributed by atoms with van der Waals surface area (Å²) in [6.07, 6.45) is 0. The number of nitrogens with zero attached hydrogens (tertiary/aromatic N) is 2. The van der Waals surface area contributed by atoms with Crippen LogP contribution in [0.2, 0.25) is 10.0 Å². The van der Waals surface area contributed by atoms with Crippen LogP contribution in [0.25, 0.3) is 0 Å². The number of hydrogen-bond donors (Lipinski definition) is 1. The van der Waals surface area contributed by atoms with Crippen LogP contribution in [0.15, 0.2) is 41.3 Å². The van der Waals surface area contributed by atoms with E-state index in [1.165, 1.54) is 0 Å². The molecule has 1 fully saturated rings. The van der Waals surface area contributed by atoms with E-state index >= 15 is 0 Å². The maximum atomic E-state index is 12.7. The molecule has 168 valence electrons. The van der Waals surface area contributed by atoms with Crippen LogP contribution in [-0.2, 0) is 13.1 Å². The van der Waals surface area contributed by atoms with Crippen LogP contribution in [0.3, 0.4) is 0 Å². The first-order valence-electron chi connectivity index (χ1n) is 10.8. The highest BCUT2D eigenvalue weighted by atomic mass is 35.5. The molecule has 1 saturated heterocycles. The predicted octanol–water partition coefficient (Wildman–Crippen LogP) is 5.56. The second-order valence-electron chi connectivity index (χ2n) is 8.08. The molecular weight excluding hydrogens is 449 g/mol. The fraction of sp³-hybridized carbons (Fsp3) is 0.458. The first-order valence-corrected chi connectivity index (χ1v) is 12.6. The highest BCUT2D eigenvalue weighted by molar-refractivity contribution is 7.99. The second kappa shape index (κ2) is 11.6. The Hall–Kier alpha value is -1.24. The lowest BCUT2D eigenvalue weighted by Crippen LogP contribution is -2.48. The number of carbonyl (C=O) groups is 1. The van der Waals surface area contributed by atoms with E-state index in [9.17, 15) is 4.79 Å². The molecule has 2 aromatic rings. The zero-order valence-electron chi connectivity index (χ0n) is 18.5. The molecule has 1 amide bonds. The van der Waals surface area contributed by atoms with Gasteiger partial charge in [0.1, 0.15) is 0 Å². The molecule has 1 N–H and O–H groups in total. The van der Waals surface area contributed by atoms with E-state index in [1.54, 1.807) is 17.8 Å². The first kappa shape index (κ1) is 24.4. The number of halogens is 2. The molecule has 3 rings (SSSR count). The Morgan fingerprint density at radius 3 is 2.45 bits per heavy atom. The third-order valence-electron chi connectivity index (χ3n) is 5.61. The molecule has 0 aromatic heterocycles. The molecule has 0 saturated carbocycles. The molecule has 1 aliphatic heterocycles. The number of nitrogens with one attached hydrogen (secondary N) is 1. The molecule has 0 aliphatic carbocycles. The molecule has 1 aliphatic rings. The summed E-state index contributed by atoms with van der Waals surface area (Å²) < 4.78 is 0. The van der Waals surface area contributed by atoms with Crippen LogP contribution >= 0.6 is 35.0 Å². The van der Waals surface area contributed by atoms with Gasteiger partial charge in [-0.25, -0.2) is 0 Å². The van der Waals surface area contributed by atoms with Crippen molar-refractivity contribution in [2.24, 2.45) is 0 Å². The van der Waals surface area contributed by atoms with E-state index in [4.69, 9.17) is 23.2 Å². The van der Waals surface area contributed by atoms with Crippen molar-refractivity contribution < 1.29 is 4.79 Å². The number of amides is 1. The zero-order chi connectivity index (χ0) is 22.4. The van der Waals surface area contributed by atoms with Gasteiger partial charge in [0.15, 0.2) is 0 Å². The summed E-state index contributed by atoms with van der Waals surface area (Å²) in [5.74, 6) is 0.832. The van der Waals surface area contributed by atoms with Crippen molar-refractivity contribution in [1.29, 1.82) is 0 Å². The Labute approximate surface area is 200 Å². The summed E-state index contributed by atoms with van der Waals surface area (Å²) in [4.78, 5) is 18.8. The van der Waals surface area contributed by atoms with Gasteiger partial charge >= 0.3 is 0 Å². The number of piperazine rings is 1. The van der Waals surface area contributed by atoms with Gasteiger partial charge < -0.3 is 5.32 Å². The lowest BCUT2D eigenvalue weighted by atomic mass is 10.1. The van der Waals surface area contributed by atoms with Crippen molar-refractivity contribution in [3.63, 3.8) is 0 Å². The summed E-state index contributed by atoms with van der Waals surface area (Å²) >= 11 is 14.4.